The van der Waals surface area contributed by atoms with Crippen LogP contribution in [-0.2, 0) is 11.8 Å². The summed E-state index contributed by atoms with van der Waals surface area (Å²) in [5.41, 5.74) is 11.4. The van der Waals surface area contributed by atoms with Gasteiger partial charge in [-0.15, -0.1) is 11.3 Å². The molecule has 0 amide bonds. The Morgan fingerprint density at radius 3 is 2.55 bits per heavy atom. The maximum atomic E-state index is 6.38. The van der Waals surface area contributed by atoms with E-state index in [-0.39, 0.29) is 11.5 Å². The van der Waals surface area contributed by atoms with E-state index < -0.39 is 0 Å². The van der Waals surface area contributed by atoms with Crippen LogP contribution in [0.15, 0.2) is 23.6 Å². The third-order valence-electron chi connectivity index (χ3n) is 3.55. The van der Waals surface area contributed by atoms with Crippen molar-refractivity contribution in [3.8, 4) is 0 Å². The van der Waals surface area contributed by atoms with Crippen molar-refractivity contribution in [2.75, 3.05) is 0 Å². The van der Waals surface area contributed by atoms with Gasteiger partial charge in [0.15, 0.2) is 0 Å². The molecule has 1 aromatic carbocycles. The lowest BCUT2D eigenvalue weighted by atomic mass is 9.93. The number of nitrogens with two attached hydrogens (primary N) is 1. The molecule has 1 unspecified atom stereocenters. The normalized spacial score (nSPS) is 13.5. The minimum absolute atomic E-state index is 0.0221. The molecule has 1 aromatic heterocycles. The third-order valence-corrected chi connectivity index (χ3v) is 4.42. The van der Waals surface area contributed by atoms with E-state index in [9.17, 15) is 0 Å². The fourth-order valence-electron chi connectivity index (χ4n) is 2.21. The first-order valence-corrected chi connectivity index (χ1v) is 7.93. The number of rotatable bonds is 3. The van der Waals surface area contributed by atoms with Gasteiger partial charge in [-0.05, 0) is 25.0 Å². The molecule has 2 aromatic rings. The topological polar surface area (TPSA) is 38.9 Å². The van der Waals surface area contributed by atoms with Crippen molar-refractivity contribution in [2.24, 2.45) is 5.73 Å². The number of benzene rings is 1. The second kappa shape index (κ2) is 5.66. The number of hydrogen-bond acceptors (Lipinski definition) is 3. The SMILES string of the molecule is Cc1ccc(C)c(C(N)Cc2nc(C(C)(C)C)cs2)c1. The van der Waals surface area contributed by atoms with E-state index in [0.29, 0.717) is 0 Å². The van der Waals surface area contributed by atoms with Crippen molar-refractivity contribution in [2.45, 2.75) is 52.5 Å². The van der Waals surface area contributed by atoms with Gasteiger partial charge in [0.2, 0.25) is 0 Å². The summed E-state index contributed by atoms with van der Waals surface area (Å²) in [6.45, 7) is 10.8. The molecule has 20 heavy (non-hydrogen) atoms. The highest BCUT2D eigenvalue weighted by atomic mass is 32.1. The van der Waals surface area contributed by atoms with Crippen LogP contribution in [0.2, 0.25) is 0 Å². The number of hydrogen-bond donors (Lipinski definition) is 1. The van der Waals surface area contributed by atoms with Crippen molar-refractivity contribution in [3.63, 3.8) is 0 Å². The van der Waals surface area contributed by atoms with Crippen LogP contribution < -0.4 is 5.73 Å². The molecule has 1 heterocycles. The van der Waals surface area contributed by atoms with Crippen LogP contribution in [0.3, 0.4) is 0 Å². The quantitative estimate of drug-likeness (QED) is 0.914. The molecular formula is C17H24N2S. The molecule has 1 atom stereocenters. The van der Waals surface area contributed by atoms with Gasteiger partial charge in [0, 0.05) is 23.3 Å². The molecule has 0 radical (unpaired) electrons. The Kier molecular flexibility index (Phi) is 4.31. The molecule has 108 valence electrons. The Labute approximate surface area is 126 Å². The van der Waals surface area contributed by atoms with Crippen LogP contribution in [0.4, 0.5) is 0 Å². The Morgan fingerprint density at radius 2 is 1.95 bits per heavy atom. The largest absolute Gasteiger partial charge is 0.324 e. The van der Waals surface area contributed by atoms with Gasteiger partial charge in [-0.2, -0.15) is 0 Å². The molecule has 0 spiro atoms. The van der Waals surface area contributed by atoms with E-state index in [0.717, 1.165) is 17.1 Å². The number of thiazole rings is 1. The smallest absolute Gasteiger partial charge is 0.0947 e. The van der Waals surface area contributed by atoms with Crippen molar-refractivity contribution in [1.82, 2.24) is 4.98 Å². The molecule has 0 fully saturated rings. The summed E-state index contributed by atoms with van der Waals surface area (Å²) >= 11 is 1.72. The van der Waals surface area contributed by atoms with Crippen molar-refractivity contribution in [1.29, 1.82) is 0 Å². The highest BCUT2D eigenvalue weighted by Gasteiger charge is 2.19. The fraction of sp³-hybridized carbons (Fsp3) is 0.471. The van der Waals surface area contributed by atoms with Crippen LogP contribution in [0.25, 0.3) is 0 Å². The first kappa shape index (κ1) is 15.2. The maximum absolute atomic E-state index is 6.38. The predicted molar refractivity (Wildman–Crippen MR) is 87.4 cm³/mol. The van der Waals surface area contributed by atoms with Gasteiger partial charge >= 0.3 is 0 Å². The standard InChI is InChI=1S/C17H24N2S/c1-11-6-7-12(2)13(8-11)14(18)9-16-19-15(10-20-16)17(3,4)5/h6-8,10,14H,9,18H2,1-5H3. The van der Waals surface area contributed by atoms with Crippen LogP contribution in [-0.4, -0.2) is 4.98 Å². The van der Waals surface area contributed by atoms with Crippen molar-refractivity contribution >= 4 is 11.3 Å². The minimum atomic E-state index is 0.0221. The third kappa shape index (κ3) is 3.47. The molecule has 0 aliphatic heterocycles. The summed E-state index contributed by atoms with van der Waals surface area (Å²) < 4.78 is 0. The van der Waals surface area contributed by atoms with Gasteiger partial charge in [0.1, 0.15) is 0 Å². The van der Waals surface area contributed by atoms with Crippen LogP contribution in [0.1, 0.15) is 54.2 Å². The summed E-state index contributed by atoms with van der Waals surface area (Å²) in [6, 6.07) is 6.49. The van der Waals surface area contributed by atoms with Gasteiger partial charge in [-0.25, -0.2) is 4.98 Å². The summed E-state index contributed by atoms with van der Waals surface area (Å²) in [6.07, 6.45) is 0.811. The fourth-order valence-corrected chi connectivity index (χ4v) is 3.29. The summed E-state index contributed by atoms with van der Waals surface area (Å²) in [5.74, 6) is 0. The van der Waals surface area contributed by atoms with E-state index in [4.69, 9.17) is 10.7 Å². The number of aromatic nitrogens is 1. The Bertz CT molecular complexity index is 593. The second-order valence-corrected chi connectivity index (χ2v) is 7.49. The average molecular weight is 288 g/mol. The molecule has 0 bridgehead atoms. The van der Waals surface area contributed by atoms with Crippen molar-refractivity contribution in [3.05, 3.63) is 51.0 Å². The molecular weight excluding hydrogens is 264 g/mol. The van der Waals surface area contributed by atoms with Crippen LogP contribution >= 0.6 is 11.3 Å². The Hall–Kier alpha value is -1.19. The molecule has 0 aliphatic rings. The summed E-state index contributed by atoms with van der Waals surface area (Å²) in [5, 5.41) is 3.29. The minimum Gasteiger partial charge on any atom is -0.324 e. The van der Waals surface area contributed by atoms with Gasteiger partial charge in [-0.1, -0.05) is 44.5 Å². The highest BCUT2D eigenvalue weighted by molar-refractivity contribution is 7.09. The van der Waals surface area contributed by atoms with Crippen LogP contribution in [0.5, 0.6) is 0 Å². The van der Waals surface area contributed by atoms with Crippen molar-refractivity contribution < 1.29 is 0 Å². The van der Waals surface area contributed by atoms with Gasteiger partial charge in [0.05, 0.1) is 10.7 Å². The molecule has 0 aliphatic carbocycles. The van der Waals surface area contributed by atoms with Crippen LogP contribution in [0, 0.1) is 13.8 Å². The van der Waals surface area contributed by atoms with E-state index in [1.807, 2.05) is 0 Å². The Morgan fingerprint density at radius 1 is 1.25 bits per heavy atom. The molecule has 0 saturated carbocycles. The zero-order valence-electron chi connectivity index (χ0n) is 13.0. The predicted octanol–water partition coefficient (Wildman–Crippen LogP) is 4.30. The first-order chi connectivity index (χ1) is 9.27. The molecule has 3 heteroatoms. The van der Waals surface area contributed by atoms with E-state index in [2.05, 4.69) is 58.2 Å². The van der Waals surface area contributed by atoms with Gasteiger partial charge < -0.3 is 5.73 Å². The van der Waals surface area contributed by atoms with E-state index in [1.54, 1.807) is 11.3 Å². The lowest BCUT2D eigenvalue weighted by Crippen LogP contribution is -2.16. The Balaban J connectivity index is 2.17. The lowest BCUT2D eigenvalue weighted by Gasteiger charge is -2.15. The maximum Gasteiger partial charge on any atom is 0.0947 e. The summed E-state index contributed by atoms with van der Waals surface area (Å²) in [4.78, 5) is 4.74. The molecule has 2 N–H and O–H groups in total. The van der Waals surface area contributed by atoms with E-state index in [1.165, 1.54) is 16.7 Å². The number of aryl methyl sites for hydroxylation is 2. The highest BCUT2D eigenvalue weighted by Crippen LogP contribution is 2.27. The zero-order valence-corrected chi connectivity index (χ0v) is 13.8. The molecule has 2 rings (SSSR count). The molecule has 0 saturated heterocycles. The van der Waals surface area contributed by atoms with E-state index >= 15 is 0 Å². The lowest BCUT2D eigenvalue weighted by molar-refractivity contribution is 0.569. The average Bonchev–Trinajstić information content (AvgIpc) is 2.80. The summed E-state index contributed by atoms with van der Waals surface area (Å²) in [7, 11) is 0. The van der Waals surface area contributed by atoms with Gasteiger partial charge in [-0.3, -0.25) is 0 Å². The monoisotopic (exact) mass is 288 g/mol. The molecule has 2 nitrogen and oxygen atoms in total. The van der Waals surface area contributed by atoms with Gasteiger partial charge in [0.25, 0.3) is 0 Å². The second-order valence-electron chi connectivity index (χ2n) is 6.55. The zero-order chi connectivity index (χ0) is 14.9. The number of nitrogens with zero attached hydrogens (tertiary/aromatic N) is 1. The first-order valence-electron chi connectivity index (χ1n) is 7.05.